The number of nitrogens with one attached hydrogen (secondary N) is 1. The average Bonchev–Trinajstić information content (AvgIpc) is 3.01. The lowest BCUT2D eigenvalue weighted by molar-refractivity contribution is 0.102. The van der Waals surface area contributed by atoms with Crippen molar-refractivity contribution in [3.63, 3.8) is 0 Å². The summed E-state index contributed by atoms with van der Waals surface area (Å²) in [7, 11) is 0. The minimum Gasteiger partial charge on any atom is -0.360 e. The van der Waals surface area contributed by atoms with Gasteiger partial charge in [0.2, 0.25) is 0 Å². The molecule has 1 heterocycles. The maximum absolute atomic E-state index is 14.0. The third-order valence-electron chi connectivity index (χ3n) is 3.55. The van der Waals surface area contributed by atoms with Crippen molar-refractivity contribution in [2.24, 2.45) is 0 Å². The van der Waals surface area contributed by atoms with Gasteiger partial charge in [0.15, 0.2) is 0 Å². The van der Waals surface area contributed by atoms with E-state index in [1.165, 1.54) is 17.8 Å². The van der Waals surface area contributed by atoms with Crippen molar-refractivity contribution in [3.05, 3.63) is 76.9 Å². The van der Waals surface area contributed by atoms with Crippen LogP contribution in [0.4, 0.5) is 10.1 Å². The van der Waals surface area contributed by atoms with Crippen LogP contribution in [0.2, 0.25) is 0 Å². The second kappa shape index (κ2) is 7.53. The number of anilines is 1. The first kappa shape index (κ1) is 17.2. The second-order valence-electron chi connectivity index (χ2n) is 5.66. The third kappa shape index (κ3) is 4.28. The number of hydrogen-bond donors (Lipinski definition) is 1. The van der Waals surface area contributed by atoms with E-state index in [9.17, 15) is 9.18 Å². The molecule has 1 aromatic heterocycles. The lowest BCUT2D eigenvalue weighted by atomic mass is 10.2. The van der Waals surface area contributed by atoms with Crippen LogP contribution < -0.4 is 5.32 Å². The molecular weight excluding hydrogens is 339 g/mol. The number of aryl methyl sites for hydroxylation is 2. The fraction of sp³-hybridized carbons (Fsp3) is 0.158. The normalized spacial score (nSPS) is 10.7. The summed E-state index contributed by atoms with van der Waals surface area (Å²) in [5.41, 5.74) is 2.27. The molecule has 25 heavy (non-hydrogen) atoms. The Balaban J connectivity index is 1.76. The molecule has 0 saturated carbocycles. The van der Waals surface area contributed by atoms with Crippen molar-refractivity contribution in [3.8, 4) is 0 Å². The van der Waals surface area contributed by atoms with Crippen molar-refractivity contribution >= 4 is 23.4 Å². The van der Waals surface area contributed by atoms with Crippen LogP contribution in [0.3, 0.4) is 0 Å². The van der Waals surface area contributed by atoms with Crippen LogP contribution in [0.1, 0.15) is 27.4 Å². The largest absolute Gasteiger partial charge is 0.360 e. The zero-order valence-corrected chi connectivity index (χ0v) is 14.7. The Labute approximate surface area is 149 Å². The number of aromatic nitrogens is 1. The van der Waals surface area contributed by atoms with Crippen LogP contribution in [-0.2, 0) is 5.75 Å². The predicted octanol–water partition coefficient (Wildman–Crippen LogP) is 4.98. The van der Waals surface area contributed by atoms with E-state index in [1.54, 1.807) is 31.2 Å². The van der Waals surface area contributed by atoms with Crippen LogP contribution >= 0.6 is 11.8 Å². The number of carbonyl (C=O) groups is 1. The van der Waals surface area contributed by atoms with Crippen LogP contribution in [-0.4, -0.2) is 11.1 Å². The summed E-state index contributed by atoms with van der Waals surface area (Å²) < 4.78 is 19.1. The van der Waals surface area contributed by atoms with Gasteiger partial charge in [-0.3, -0.25) is 4.79 Å². The molecule has 128 valence electrons. The monoisotopic (exact) mass is 356 g/mol. The molecule has 2 aromatic carbocycles. The van der Waals surface area contributed by atoms with E-state index in [-0.39, 0.29) is 11.6 Å². The molecule has 0 bridgehead atoms. The van der Waals surface area contributed by atoms with Gasteiger partial charge in [-0.2, -0.15) is 0 Å². The highest BCUT2D eigenvalue weighted by atomic mass is 32.2. The van der Waals surface area contributed by atoms with Gasteiger partial charge in [-0.15, -0.1) is 11.8 Å². The number of benzene rings is 2. The highest BCUT2D eigenvalue weighted by Gasteiger charge is 2.14. The SMILES string of the molecule is Cc1ccc(NC(=O)c2ccccc2SCc2cc(C)no2)c(F)c1. The van der Waals surface area contributed by atoms with Crippen molar-refractivity contribution in [1.82, 2.24) is 5.16 Å². The molecule has 0 fully saturated rings. The maximum Gasteiger partial charge on any atom is 0.256 e. The smallest absolute Gasteiger partial charge is 0.256 e. The Hall–Kier alpha value is -2.60. The van der Waals surface area contributed by atoms with Crippen LogP contribution in [0.15, 0.2) is 57.9 Å². The summed E-state index contributed by atoms with van der Waals surface area (Å²) in [6.45, 7) is 3.65. The summed E-state index contributed by atoms with van der Waals surface area (Å²) in [6.07, 6.45) is 0. The van der Waals surface area contributed by atoms with Gasteiger partial charge in [0.05, 0.1) is 22.7 Å². The zero-order chi connectivity index (χ0) is 17.8. The van der Waals surface area contributed by atoms with Crippen LogP contribution in [0.25, 0.3) is 0 Å². The second-order valence-corrected chi connectivity index (χ2v) is 6.67. The number of carbonyl (C=O) groups excluding carboxylic acids is 1. The Morgan fingerprint density at radius 1 is 1.20 bits per heavy atom. The number of hydrogen-bond acceptors (Lipinski definition) is 4. The summed E-state index contributed by atoms with van der Waals surface area (Å²) in [5.74, 6) is 0.502. The first-order valence-electron chi connectivity index (χ1n) is 7.74. The lowest BCUT2D eigenvalue weighted by Crippen LogP contribution is -2.14. The molecule has 0 unspecified atom stereocenters. The molecule has 0 saturated heterocycles. The molecule has 0 aliphatic rings. The van der Waals surface area contributed by atoms with Crippen molar-refractivity contribution in [2.75, 3.05) is 5.32 Å². The summed E-state index contributed by atoms with van der Waals surface area (Å²) in [6, 6.07) is 13.8. The summed E-state index contributed by atoms with van der Waals surface area (Å²) in [5, 5.41) is 6.48. The molecule has 0 spiro atoms. The highest BCUT2D eigenvalue weighted by molar-refractivity contribution is 7.98. The van der Waals surface area contributed by atoms with Crippen molar-refractivity contribution in [1.29, 1.82) is 0 Å². The molecule has 6 heteroatoms. The van der Waals surface area contributed by atoms with E-state index < -0.39 is 5.82 Å². The van der Waals surface area contributed by atoms with Gasteiger partial charge in [-0.25, -0.2) is 4.39 Å². The van der Waals surface area contributed by atoms with Gasteiger partial charge in [0.1, 0.15) is 11.6 Å². The number of thioether (sulfide) groups is 1. The van der Waals surface area contributed by atoms with E-state index >= 15 is 0 Å². The molecule has 1 N–H and O–H groups in total. The first-order chi connectivity index (χ1) is 12.0. The molecule has 0 radical (unpaired) electrons. The third-order valence-corrected chi connectivity index (χ3v) is 4.65. The molecular formula is C19H17FN2O2S. The van der Waals surface area contributed by atoms with Gasteiger partial charge in [-0.05, 0) is 43.7 Å². The number of rotatable bonds is 5. The minimum absolute atomic E-state index is 0.168. The average molecular weight is 356 g/mol. The fourth-order valence-electron chi connectivity index (χ4n) is 2.32. The topological polar surface area (TPSA) is 55.1 Å². The van der Waals surface area contributed by atoms with E-state index in [2.05, 4.69) is 10.5 Å². The van der Waals surface area contributed by atoms with Crippen molar-refractivity contribution in [2.45, 2.75) is 24.5 Å². The van der Waals surface area contributed by atoms with E-state index in [0.717, 1.165) is 21.9 Å². The molecule has 1 amide bonds. The van der Waals surface area contributed by atoms with Gasteiger partial charge in [-0.1, -0.05) is 23.4 Å². The molecule has 0 atom stereocenters. The van der Waals surface area contributed by atoms with E-state index in [1.807, 2.05) is 25.1 Å². The van der Waals surface area contributed by atoms with Gasteiger partial charge < -0.3 is 9.84 Å². The minimum atomic E-state index is -0.449. The molecule has 0 aliphatic heterocycles. The molecule has 3 rings (SSSR count). The number of amides is 1. The van der Waals surface area contributed by atoms with Gasteiger partial charge in [0.25, 0.3) is 5.91 Å². The Bertz CT molecular complexity index is 908. The van der Waals surface area contributed by atoms with Gasteiger partial charge >= 0.3 is 0 Å². The molecule has 0 aliphatic carbocycles. The van der Waals surface area contributed by atoms with Crippen molar-refractivity contribution < 1.29 is 13.7 Å². The van der Waals surface area contributed by atoms with Crippen LogP contribution in [0.5, 0.6) is 0 Å². The number of nitrogens with zero attached hydrogens (tertiary/aromatic N) is 1. The van der Waals surface area contributed by atoms with E-state index in [4.69, 9.17) is 4.52 Å². The van der Waals surface area contributed by atoms with E-state index in [0.29, 0.717) is 11.3 Å². The lowest BCUT2D eigenvalue weighted by Gasteiger charge is -2.10. The summed E-state index contributed by atoms with van der Waals surface area (Å²) in [4.78, 5) is 13.4. The standard InChI is InChI=1S/C19H17FN2O2S/c1-12-7-8-17(16(20)9-12)21-19(23)15-5-3-4-6-18(15)25-11-14-10-13(2)22-24-14/h3-10H,11H2,1-2H3,(H,21,23). The Kier molecular flexibility index (Phi) is 5.19. The van der Waals surface area contributed by atoms with Gasteiger partial charge in [0, 0.05) is 11.0 Å². The maximum atomic E-state index is 14.0. The molecule has 4 nitrogen and oxygen atoms in total. The first-order valence-corrected chi connectivity index (χ1v) is 8.73. The predicted molar refractivity (Wildman–Crippen MR) is 96.3 cm³/mol. The Morgan fingerprint density at radius 2 is 2.00 bits per heavy atom. The quantitative estimate of drug-likeness (QED) is 0.656. The number of halogens is 1. The molecule has 3 aromatic rings. The Morgan fingerprint density at radius 3 is 2.72 bits per heavy atom. The highest BCUT2D eigenvalue weighted by Crippen LogP contribution is 2.27. The summed E-state index contributed by atoms with van der Waals surface area (Å²) >= 11 is 1.47. The fourth-order valence-corrected chi connectivity index (χ4v) is 3.25. The zero-order valence-electron chi connectivity index (χ0n) is 13.9. The van der Waals surface area contributed by atoms with Crippen LogP contribution in [0, 0.1) is 19.7 Å².